The monoisotopic (exact) mass is 801 g/mol. The number of anilines is 3. The van der Waals surface area contributed by atoms with E-state index in [0.29, 0.717) is 0 Å². The van der Waals surface area contributed by atoms with Gasteiger partial charge in [0.2, 0.25) is 0 Å². The highest BCUT2D eigenvalue weighted by Crippen LogP contribution is 2.46. The van der Waals surface area contributed by atoms with Gasteiger partial charge in [-0.25, -0.2) is 0 Å². The molecule has 0 radical (unpaired) electrons. The van der Waals surface area contributed by atoms with Crippen LogP contribution in [0, 0.1) is 0 Å². The van der Waals surface area contributed by atoms with E-state index in [1.54, 1.807) is 0 Å². The largest absolute Gasteiger partial charge is 0.310 e. The van der Waals surface area contributed by atoms with E-state index in [2.05, 4.69) is 266 Å². The van der Waals surface area contributed by atoms with Crippen molar-refractivity contribution in [1.29, 1.82) is 0 Å². The van der Waals surface area contributed by atoms with Crippen molar-refractivity contribution >= 4 is 38.6 Å². The lowest BCUT2D eigenvalue weighted by molar-refractivity contribution is 1.28. The molecule has 1 heteroatoms. The van der Waals surface area contributed by atoms with Crippen molar-refractivity contribution in [2.45, 2.75) is 0 Å². The molecule has 0 aromatic heterocycles. The Morgan fingerprint density at radius 2 is 0.651 bits per heavy atom. The fourth-order valence-corrected chi connectivity index (χ4v) is 9.12. The van der Waals surface area contributed by atoms with Crippen LogP contribution in [0.25, 0.3) is 88.3 Å². The molecule has 11 rings (SSSR count). The molecule has 0 heterocycles. The molecule has 0 aliphatic rings. The molecule has 0 bridgehead atoms. The molecule has 0 N–H and O–H groups in total. The lowest BCUT2D eigenvalue weighted by atomic mass is 9.91. The van der Waals surface area contributed by atoms with E-state index in [9.17, 15) is 0 Å². The van der Waals surface area contributed by atoms with Crippen molar-refractivity contribution < 1.29 is 0 Å². The summed E-state index contributed by atoms with van der Waals surface area (Å²) in [4.78, 5) is 2.46. The Balaban J connectivity index is 1.15. The van der Waals surface area contributed by atoms with E-state index < -0.39 is 0 Å². The van der Waals surface area contributed by atoms with Gasteiger partial charge in [-0.2, -0.15) is 0 Å². The molecular formula is C62H43N. The van der Waals surface area contributed by atoms with Gasteiger partial charge in [-0.1, -0.05) is 206 Å². The van der Waals surface area contributed by atoms with Crippen LogP contribution in [0.5, 0.6) is 0 Å². The molecule has 0 unspecified atom stereocenters. The van der Waals surface area contributed by atoms with Crippen LogP contribution in [0.4, 0.5) is 17.1 Å². The van der Waals surface area contributed by atoms with Gasteiger partial charge in [0.25, 0.3) is 0 Å². The van der Waals surface area contributed by atoms with Crippen LogP contribution >= 0.6 is 0 Å². The van der Waals surface area contributed by atoms with Gasteiger partial charge < -0.3 is 4.90 Å². The third-order valence-electron chi connectivity index (χ3n) is 12.2. The smallest absolute Gasteiger partial charge is 0.0540 e. The summed E-state index contributed by atoms with van der Waals surface area (Å²) < 4.78 is 0. The van der Waals surface area contributed by atoms with E-state index in [4.69, 9.17) is 0 Å². The SMILES string of the molecule is c1ccc(-c2cccc(-c3ccc(N(c4cc(-c5ccccc5)cc(-c5cc6ccccc6c6ccccc56)c4)c4ccc(-c5ccccc5)cc4-c4ccccc4)cc3)c2)cc1. The van der Waals surface area contributed by atoms with Crippen molar-refractivity contribution in [3.8, 4) is 66.8 Å². The molecule has 11 aromatic carbocycles. The zero-order valence-corrected chi connectivity index (χ0v) is 34.8. The number of rotatable bonds is 9. The maximum Gasteiger partial charge on any atom is 0.0540 e. The zero-order valence-electron chi connectivity index (χ0n) is 34.8. The summed E-state index contributed by atoms with van der Waals surface area (Å²) in [6.07, 6.45) is 0. The van der Waals surface area contributed by atoms with Gasteiger partial charge in [0.15, 0.2) is 0 Å². The Kier molecular flexibility index (Phi) is 9.97. The molecule has 0 saturated heterocycles. The number of nitrogens with zero attached hydrogens (tertiary/aromatic N) is 1. The summed E-state index contributed by atoms with van der Waals surface area (Å²) in [5.74, 6) is 0. The van der Waals surface area contributed by atoms with Crippen LogP contribution < -0.4 is 4.90 Å². The minimum absolute atomic E-state index is 1.07. The van der Waals surface area contributed by atoms with Gasteiger partial charge in [0, 0.05) is 16.9 Å². The lowest BCUT2D eigenvalue weighted by Crippen LogP contribution is -2.12. The van der Waals surface area contributed by atoms with E-state index in [-0.39, 0.29) is 0 Å². The second kappa shape index (κ2) is 16.7. The van der Waals surface area contributed by atoms with Gasteiger partial charge in [-0.15, -0.1) is 0 Å². The summed E-state index contributed by atoms with van der Waals surface area (Å²) >= 11 is 0. The highest BCUT2D eigenvalue weighted by molar-refractivity contribution is 6.14. The van der Waals surface area contributed by atoms with Crippen LogP contribution in [-0.4, -0.2) is 0 Å². The molecule has 63 heavy (non-hydrogen) atoms. The maximum atomic E-state index is 2.46. The van der Waals surface area contributed by atoms with E-state index in [1.165, 1.54) is 66.1 Å². The predicted molar refractivity (Wildman–Crippen MR) is 269 cm³/mol. The molecule has 296 valence electrons. The first kappa shape index (κ1) is 37.7. The van der Waals surface area contributed by atoms with Gasteiger partial charge in [-0.3, -0.25) is 0 Å². The van der Waals surface area contributed by atoms with Crippen LogP contribution in [0.15, 0.2) is 261 Å². The van der Waals surface area contributed by atoms with Crippen LogP contribution in [0.1, 0.15) is 0 Å². The van der Waals surface area contributed by atoms with E-state index in [1.807, 2.05) is 0 Å². The van der Waals surface area contributed by atoms with E-state index in [0.717, 1.165) is 39.3 Å². The fraction of sp³-hybridized carbons (Fsp3) is 0. The Hall–Kier alpha value is -8.26. The number of fused-ring (bicyclic) bond motifs is 3. The fourth-order valence-electron chi connectivity index (χ4n) is 9.12. The standard InChI is InChI=1S/C62H43N/c1-5-18-44(19-6-1)49-27-17-28-50(38-49)47-32-35-55(36-33-47)63(62-37-34-51(45-20-7-2-8-21-45)42-61(62)48-24-11-4-12-25-48)56-40-53(46-22-9-3-10-23-46)39-54(41-56)60-43-52-26-13-14-29-57(52)58-30-15-16-31-59(58)60/h1-43H. The Morgan fingerprint density at radius 1 is 0.206 bits per heavy atom. The number of hydrogen-bond donors (Lipinski definition) is 0. The minimum Gasteiger partial charge on any atom is -0.310 e. The van der Waals surface area contributed by atoms with Gasteiger partial charge >= 0.3 is 0 Å². The first-order valence-electron chi connectivity index (χ1n) is 21.7. The summed E-state index contributed by atoms with van der Waals surface area (Å²) in [6, 6.07) is 94.9. The summed E-state index contributed by atoms with van der Waals surface area (Å²) in [7, 11) is 0. The number of benzene rings is 11. The third kappa shape index (κ3) is 7.47. The van der Waals surface area contributed by atoms with Gasteiger partial charge in [0.05, 0.1) is 5.69 Å². The van der Waals surface area contributed by atoms with Crippen molar-refractivity contribution in [2.24, 2.45) is 0 Å². The highest BCUT2D eigenvalue weighted by Gasteiger charge is 2.21. The van der Waals surface area contributed by atoms with Crippen molar-refractivity contribution in [3.63, 3.8) is 0 Å². The predicted octanol–water partition coefficient (Wildman–Crippen LogP) is 17.5. The molecule has 1 nitrogen and oxygen atoms in total. The summed E-state index contributed by atoms with van der Waals surface area (Å²) in [5.41, 5.74) is 17.4. The Morgan fingerprint density at radius 3 is 1.29 bits per heavy atom. The average Bonchev–Trinajstić information content (AvgIpc) is 3.37. The molecule has 0 amide bonds. The lowest BCUT2D eigenvalue weighted by Gasteiger charge is -2.30. The summed E-state index contributed by atoms with van der Waals surface area (Å²) in [6.45, 7) is 0. The quantitative estimate of drug-likeness (QED) is 0.131. The third-order valence-corrected chi connectivity index (χ3v) is 12.2. The Labute approximate surface area is 369 Å². The zero-order chi connectivity index (χ0) is 42.0. The molecular weight excluding hydrogens is 759 g/mol. The van der Waals surface area contributed by atoms with Crippen LogP contribution in [0.2, 0.25) is 0 Å². The molecule has 0 aliphatic carbocycles. The van der Waals surface area contributed by atoms with Crippen LogP contribution in [0.3, 0.4) is 0 Å². The molecule has 0 spiro atoms. The van der Waals surface area contributed by atoms with Crippen LogP contribution in [-0.2, 0) is 0 Å². The molecule has 0 saturated carbocycles. The molecule has 11 aromatic rings. The van der Waals surface area contributed by atoms with Crippen molar-refractivity contribution in [1.82, 2.24) is 0 Å². The first-order chi connectivity index (χ1) is 31.2. The molecule has 0 atom stereocenters. The summed E-state index contributed by atoms with van der Waals surface area (Å²) in [5, 5.41) is 4.98. The second-order valence-electron chi connectivity index (χ2n) is 16.1. The van der Waals surface area contributed by atoms with Gasteiger partial charge in [-0.05, 0) is 137 Å². The van der Waals surface area contributed by atoms with E-state index >= 15 is 0 Å². The first-order valence-corrected chi connectivity index (χ1v) is 21.7. The Bertz CT molecular complexity index is 3360. The minimum atomic E-state index is 1.07. The topological polar surface area (TPSA) is 3.24 Å². The maximum absolute atomic E-state index is 2.46. The number of hydrogen-bond acceptors (Lipinski definition) is 1. The van der Waals surface area contributed by atoms with Crippen molar-refractivity contribution in [2.75, 3.05) is 4.90 Å². The van der Waals surface area contributed by atoms with Crippen molar-refractivity contribution in [3.05, 3.63) is 261 Å². The highest BCUT2D eigenvalue weighted by atomic mass is 15.1. The normalized spacial score (nSPS) is 11.2. The molecule has 0 aliphatic heterocycles. The second-order valence-corrected chi connectivity index (χ2v) is 16.1. The van der Waals surface area contributed by atoms with Gasteiger partial charge in [0.1, 0.15) is 0 Å². The average molecular weight is 802 g/mol. The molecule has 0 fully saturated rings.